The van der Waals surface area contributed by atoms with Gasteiger partial charge < -0.3 is 19.9 Å². The standard InChI is InChI=1S/C8H10N4O3/c1-13-6-5(15-4-3-9)7(14-2)12-8(10)11-6/h4H2,1-2H3,(H2,10,11,12). The Morgan fingerprint density at radius 3 is 2.20 bits per heavy atom. The zero-order chi connectivity index (χ0) is 11.3. The van der Waals surface area contributed by atoms with E-state index in [1.165, 1.54) is 14.2 Å². The fraction of sp³-hybridized carbons (Fsp3) is 0.375. The van der Waals surface area contributed by atoms with Crippen molar-refractivity contribution in [3.8, 4) is 23.6 Å². The van der Waals surface area contributed by atoms with Crippen LogP contribution in [0.4, 0.5) is 5.95 Å². The molecule has 2 N–H and O–H groups in total. The Morgan fingerprint density at radius 2 is 1.80 bits per heavy atom. The molecule has 0 spiro atoms. The highest BCUT2D eigenvalue weighted by atomic mass is 16.5. The summed E-state index contributed by atoms with van der Waals surface area (Å²) >= 11 is 0. The molecule has 0 aliphatic heterocycles. The van der Waals surface area contributed by atoms with Gasteiger partial charge >= 0.3 is 0 Å². The van der Waals surface area contributed by atoms with Crippen molar-refractivity contribution in [2.24, 2.45) is 0 Å². The normalized spacial score (nSPS) is 9.13. The zero-order valence-electron chi connectivity index (χ0n) is 8.35. The van der Waals surface area contributed by atoms with Crippen molar-refractivity contribution >= 4 is 5.95 Å². The number of hydrogen-bond donors (Lipinski definition) is 1. The molecule has 0 aliphatic carbocycles. The van der Waals surface area contributed by atoms with Gasteiger partial charge in [0.1, 0.15) is 6.07 Å². The Morgan fingerprint density at radius 1 is 1.27 bits per heavy atom. The molecular formula is C8H10N4O3. The number of aromatic nitrogens is 2. The Hall–Kier alpha value is -2.23. The minimum Gasteiger partial charge on any atom is -0.478 e. The molecule has 0 aliphatic rings. The van der Waals surface area contributed by atoms with Gasteiger partial charge in [-0.3, -0.25) is 0 Å². The zero-order valence-corrected chi connectivity index (χ0v) is 8.35. The van der Waals surface area contributed by atoms with Crippen LogP contribution in [-0.4, -0.2) is 30.8 Å². The van der Waals surface area contributed by atoms with E-state index in [0.29, 0.717) is 0 Å². The fourth-order valence-electron chi connectivity index (χ4n) is 0.931. The molecule has 0 amide bonds. The Bertz CT molecular complexity index is 363. The lowest BCUT2D eigenvalue weighted by atomic mass is 10.5. The highest BCUT2D eigenvalue weighted by Gasteiger charge is 2.16. The van der Waals surface area contributed by atoms with Gasteiger partial charge in [0.2, 0.25) is 11.7 Å². The van der Waals surface area contributed by atoms with E-state index in [2.05, 4.69) is 9.97 Å². The van der Waals surface area contributed by atoms with Crippen LogP contribution < -0.4 is 19.9 Å². The number of hydrogen-bond acceptors (Lipinski definition) is 7. The monoisotopic (exact) mass is 210 g/mol. The third-order valence-electron chi connectivity index (χ3n) is 1.49. The van der Waals surface area contributed by atoms with Crippen LogP contribution in [0.3, 0.4) is 0 Å². The highest BCUT2D eigenvalue weighted by Crippen LogP contribution is 2.34. The molecular weight excluding hydrogens is 200 g/mol. The van der Waals surface area contributed by atoms with E-state index in [-0.39, 0.29) is 30.1 Å². The van der Waals surface area contributed by atoms with Crippen LogP contribution in [0.15, 0.2) is 0 Å². The van der Waals surface area contributed by atoms with E-state index < -0.39 is 0 Å². The van der Waals surface area contributed by atoms with Crippen molar-refractivity contribution in [1.29, 1.82) is 5.26 Å². The Kier molecular flexibility index (Phi) is 3.51. The molecule has 80 valence electrons. The number of rotatable bonds is 4. The Balaban J connectivity index is 3.13. The lowest BCUT2D eigenvalue weighted by Crippen LogP contribution is -2.05. The Labute approximate surface area is 86.4 Å². The average Bonchev–Trinajstić information content (AvgIpc) is 2.26. The number of ether oxygens (including phenoxy) is 3. The molecule has 0 radical (unpaired) electrons. The van der Waals surface area contributed by atoms with E-state index in [4.69, 9.17) is 25.2 Å². The number of nitrogen functional groups attached to an aromatic ring is 1. The van der Waals surface area contributed by atoms with Crippen LogP contribution in [0.1, 0.15) is 0 Å². The molecule has 0 atom stereocenters. The highest BCUT2D eigenvalue weighted by molar-refractivity contribution is 5.46. The molecule has 0 saturated carbocycles. The van der Waals surface area contributed by atoms with Crippen LogP contribution in [0.2, 0.25) is 0 Å². The maximum absolute atomic E-state index is 8.39. The molecule has 7 heteroatoms. The van der Waals surface area contributed by atoms with Crippen molar-refractivity contribution in [3.63, 3.8) is 0 Å². The van der Waals surface area contributed by atoms with Gasteiger partial charge in [-0.2, -0.15) is 15.2 Å². The predicted molar refractivity (Wildman–Crippen MR) is 50.7 cm³/mol. The van der Waals surface area contributed by atoms with Gasteiger partial charge in [-0.15, -0.1) is 0 Å². The second kappa shape index (κ2) is 4.85. The molecule has 0 saturated heterocycles. The summed E-state index contributed by atoms with van der Waals surface area (Å²) in [6, 6.07) is 1.81. The molecule has 1 rings (SSSR count). The van der Waals surface area contributed by atoms with Gasteiger partial charge in [0.15, 0.2) is 6.61 Å². The summed E-state index contributed by atoms with van der Waals surface area (Å²) < 4.78 is 14.9. The molecule has 1 heterocycles. The van der Waals surface area contributed by atoms with E-state index in [1.807, 2.05) is 6.07 Å². The summed E-state index contributed by atoms with van der Waals surface area (Å²) in [5.41, 5.74) is 5.41. The number of anilines is 1. The number of nitriles is 1. The molecule has 7 nitrogen and oxygen atoms in total. The van der Waals surface area contributed by atoms with Crippen LogP contribution >= 0.6 is 0 Å². The second-order valence-electron chi connectivity index (χ2n) is 2.38. The molecule has 0 bridgehead atoms. The van der Waals surface area contributed by atoms with Crippen molar-refractivity contribution in [3.05, 3.63) is 0 Å². The summed E-state index contributed by atoms with van der Waals surface area (Å²) in [6.45, 7) is -0.153. The third-order valence-corrected chi connectivity index (χ3v) is 1.49. The SMILES string of the molecule is COc1nc(N)nc(OC)c1OCC#N. The van der Waals surface area contributed by atoms with Gasteiger partial charge in [0.05, 0.1) is 14.2 Å². The van der Waals surface area contributed by atoms with Gasteiger partial charge in [0, 0.05) is 0 Å². The number of methoxy groups -OCH3 is 2. The van der Waals surface area contributed by atoms with E-state index >= 15 is 0 Å². The van der Waals surface area contributed by atoms with Crippen molar-refractivity contribution in [2.75, 3.05) is 26.6 Å². The van der Waals surface area contributed by atoms with Gasteiger partial charge in [-0.25, -0.2) is 0 Å². The molecule has 1 aromatic rings. The first-order valence-electron chi connectivity index (χ1n) is 3.98. The largest absolute Gasteiger partial charge is 0.478 e. The molecule has 0 fully saturated rings. The van der Waals surface area contributed by atoms with E-state index in [1.54, 1.807) is 0 Å². The minimum absolute atomic E-state index is 0.00741. The minimum atomic E-state index is -0.153. The lowest BCUT2D eigenvalue weighted by molar-refractivity contribution is 0.290. The van der Waals surface area contributed by atoms with Crippen molar-refractivity contribution in [1.82, 2.24) is 9.97 Å². The van der Waals surface area contributed by atoms with E-state index in [9.17, 15) is 0 Å². The van der Waals surface area contributed by atoms with Gasteiger partial charge in [-0.1, -0.05) is 0 Å². The summed E-state index contributed by atoms with van der Waals surface area (Å²) in [5, 5.41) is 8.39. The summed E-state index contributed by atoms with van der Waals surface area (Å²) in [6.07, 6.45) is 0. The quantitative estimate of drug-likeness (QED) is 0.744. The number of nitrogens with zero attached hydrogens (tertiary/aromatic N) is 3. The van der Waals surface area contributed by atoms with Crippen LogP contribution in [0.5, 0.6) is 17.5 Å². The molecule has 15 heavy (non-hydrogen) atoms. The van der Waals surface area contributed by atoms with Crippen LogP contribution in [0.25, 0.3) is 0 Å². The van der Waals surface area contributed by atoms with Crippen LogP contribution in [0, 0.1) is 11.3 Å². The topological polar surface area (TPSA) is 103 Å². The molecule has 1 aromatic heterocycles. The molecule has 0 unspecified atom stereocenters. The average molecular weight is 210 g/mol. The maximum Gasteiger partial charge on any atom is 0.265 e. The van der Waals surface area contributed by atoms with Gasteiger partial charge in [0.25, 0.3) is 11.8 Å². The summed E-state index contributed by atoms with van der Waals surface area (Å²) in [7, 11) is 2.81. The fourth-order valence-corrected chi connectivity index (χ4v) is 0.931. The second-order valence-corrected chi connectivity index (χ2v) is 2.38. The van der Waals surface area contributed by atoms with Crippen molar-refractivity contribution < 1.29 is 14.2 Å². The maximum atomic E-state index is 8.39. The summed E-state index contributed by atoms with van der Waals surface area (Å²) in [5.74, 6) is 0.438. The molecule has 0 aromatic carbocycles. The first-order chi connectivity index (χ1) is 7.22. The summed E-state index contributed by atoms with van der Waals surface area (Å²) in [4.78, 5) is 7.57. The smallest absolute Gasteiger partial charge is 0.265 e. The van der Waals surface area contributed by atoms with E-state index in [0.717, 1.165) is 0 Å². The first-order valence-corrected chi connectivity index (χ1v) is 3.98. The third kappa shape index (κ3) is 2.37. The predicted octanol–water partition coefficient (Wildman–Crippen LogP) is -0.0216. The lowest BCUT2D eigenvalue weighted by Gasteiger charge is -2.10. The van der Waals surface area contributed by atoms with Gasteiger partial charge in [-0.05, 0) is 0 Å². The first kappa shape index (κ1) is 10.8. The van der Waals surface area contributed by atoms with Crippen LogP contribution in [-0.2, 0) is 0 Å². The van der Waals surface area contributed by atoms with Crippen molar-refractivity contribution in [2.45, 2.75) is 0 Å². The number of nitrogens with two attached hydrogens (primary N) is 1.